The van der Waals surface area contributed by atoms with E-state index in [0.29, 0.717) is 15.6 Å². The van der Waals surface area contributed by atoms with Gasteiger partial charge in [0.05, 0.1) is 13.3 Å². The molecule has 0 saturated heterocycles. The number of rotatable bonds is 2. The number of methoxy groups -OCH3 is 1. The Morgan fingerprint density at radius 2 is 2.15 bits per heavy atom. The molecule has 1 aliphatic carbocycles. The number of halogens is 3. The highest BCUT2D eigenvalue weighted by Gasteiger charge is 2.64. The second-order valence-corrected chi connectivity index (χ2v) is 5.65. The highest BCUT2D eigenvalue weighted by atomic mass is 79.9. The number of hydrogen-bond acceptors (Lipinski definition) is 4. The lowest BCUT2D eigenvalue weighted by Gasteiger charge is -2.44. The Morgan fingerprint density at radius 1 is 1.45 bits per heavy atom. The summed E-state index contributed by atoms with van der Waals surface area (Å²) in [7, 11) is 1.18. The smallest absolute Gasteiger partial charge is 0.334 e. The molecule has 20 heavy (non-hydrogen) atoms. The molecule has 0 spiro atoms. The van der Waals surface area contributed by atoms with Crippen LogP contribution in [0.4, 0.5) is 8.78 Å². The lowest BCUT2D eigenvalue weighted by Crippen LogP contribution is -2.59. The first-order valence-electron chi connectivity index (χ1n) is 5.85. The zero-order valence-corrected chi connectivity index (χ0v) is 12.0. The van der Waals surface area contributed by atoms with E-state index in [4.69, 9.17) is 0 Å². The second-order valence-electron chi connectivity index (χ2n) is 4.84. The molecular weight excluding hydrogens is 336 g/mol. The fourth-order valence-corrected chi connectivity index (χ4v) is 2.87. The molecule has 0 N–H and O–H groups in total. The molecule has 106 valence electrons. The number of carbonyl (C=O) groups excluding carboxylic acids is 1. The Balaban J connectivity index is 2.16. The molecule has 1 fully saturated rings. The van der Waals surface area contributed by atoms with Crippen LogP contribution in [-0.4, -0.2) is 33.8 Å². The molecular formula is C12H10BrF2N3O2. The third-order valence-electron chi connectivity index (χ3n) is 3.46. The van der Waals surface area contributed by atoms with Gasteiger partial charge in [0, 0.05) is 18.2 Å². The Hall–Kier alpha value is -1.57. The van der Waals surface area contributed by atoms with Crippen molar-refractivity contribution >= 4 is 32.9 Å². The molecule has 0 amide bonds. The van der Waals surface area contributed by atoms with Crippen molar-refractivity contribution in [2.24, 2.45) is 0 Å². The first kappa shape index (κ1) is 13.4. The van der Waals surface area contributed by atoms with E-state index in [0.717, 1.165) is 0 Å². The van der Waals surface area contributed by atoms with Crippen LogP contribution >= 0.6 is 15.9 Å². The molecule has 3 rings (SSSR count). The van der Waals surface area contributed by atoms with Crippen molar-refractivity contribution in [2.45, 2.75) is 24.3 Å². The van der Waals surface area contributed by atoms with E-state index in [2.05, 4.69) is 30.7 Å². The molecule has 0 atom stereocenters. The maximum atomic E-state index is 13.3. The van der Waals surface area contributed by atoms with Crippen molar-refractivity contribution < 1.29 is 18.3 Å². The van der Waals surface area contributed by atoms with Crippen LogP contribution in [0, 0.1) is 0 Å². The SMILES string of the molecule is COC(=O)C1(n2ncc3ccc(Br)nc32)CC(F)(F)C1. The Morgan fingerprint density at radius 3 is 2.75 bits per heavy atom. The predicted molar refractivity (Wildman–Crippen MR) is 69.4 cm³/mol. The van der Waals surface area contributed by atoms with E-state index in [1.54, 1.807) is 12.1 Å². The first-order chi connectivity index (χ1) is 9.38. The third-order valence-corrected chi connectivity index (χ3v) is 3.90. The van der Waals surface area contributed by atoms with Crippen molar-refractivity contribution in [1.82, 2.24) is 14.8 Å². The van der Waals surface area contributed by atoms with Crippen LogP contribution in [0.25, 0.3) is 11.0 Å². The largest absolute Gasteiger partial charge is 0.467 e. The minimum Gasteiger partial charge on any atom is -0.467 e. The molecule has 0 radical (unpaired) electrons. The monoisotopic (exact) mass is 345 g/mol. The van der Waals surface area contributed by atoms with Gasteiger partial charge in [0.25, 0.3) is 5.92 Å². The Labute approximate surface area is 121 Å². The summed E-state index contributed by atoms with van der Waals surface area (Å²) in [6.07, 6.45) is 0.241. The van der Waals surface area contributed by atoms with Crippen LogP contribution in [0.3, 0.4) is 0 Å². The summed E-state index contributed by atoms with van der Waals surface area (Å²) in [6, 6.07) is 3.46. The Kier molecular flexibility index (Phi) is 2.82. The van der Waals surface area contributed by atoms with Crippen molar-refractivity contribution in [2.75, 3.05) is 7.11 Å². The topological polar surface area (TPSA) is 57.0 Å². The number of esters is 1. The average molecular weight is 346 g/mol. The Bertz CT molecular complexity index is 693. The van der Waals surface area contributed by atoms with Crippen LogP contribution in [-0.2, 0) is 15.1 Å². The number of hydrogen-bond donors (Lipinski definition) is 0. The lowest BCUT2D eigenvalue weighted by atomic mass is 9.73. The summed E-state index contributed by atoms with van der Waals surface area (Å²) in [5, 5.41) is 4.74. The number of fused-ring (bicyclic) bond motifs is 1. The molecule has 0 aliphatic heterocycles. The molecule has 2 heterocycles. The average Bonchev–Trinajstić information content (AvgIpc) is 2.77. The summed E-state index contributed by atoms with van der Waals surface area (Å²) in [5.74, 6) is -3.62. The predicted octanol–water partition coefficient (Wildman–Crippen LogP) is 2.49. The minimum atomic E-state index is -2.89. The normalized spacial score (nSPS) is 19.6. The molecule has 0 bridgehead atoms. The summed E-state index contributed by atoms with van der Waals surface area (Å²) >= 11 is 3.22. The van der Waals surface area contributed by atoms with Gasteiger partial charge >= 0.3 is 5.97 Å². The highest BCUT2D eigenvalue weighted by Crippen LogP contribution is 2.51. The van der Waals surface area contributed by atoms with Gasteiger partial charge in [-0.2, -0.15) is 5.10 Å². The molecule has 0 unspecified atom stereocenters. The van der Waals surface area contributed by atoms with E-state index in [1.165, 1.54) is 18.0 Å². The fourth-order valence-electron chi connectivity index (χ4n) is 2.57. The zero-order chi connectivity index (χ0) is 14.5. The van der Waals surface area contributed by atoms with Crippen LogP contribution in [0.2, 0.25) is 0 Å². The maximum Gasteiger partial charge on any atom is 0.334 e. The summed E-state index contributed by atoms with van der Waals surface area (Å²) in [5.41, 5.74) is -1.10. The number of aromatic nitrogens is 3. The number of alkyl halides is 2. The van der Waals surface area contributed by atoms with Crippen LogP contribution in [0.1, 0.15) is 12.8 Å². The van der Waals surface area contributed by atoms with Crippen LogP contribution in [0.5, 0.6) is 0 Å². The molecule has 1 saturated carbocycles. The van der Waals surface area contributed by atoms with Gasteiger partial charge in [-0.05, 0) is 28.1 Å². The van der Waals surface area contributed by atoms with Crippen LogP contribution in [0.15, 0.2) is 22.9 Å². The number of nitrogens with zero attached hydrogens (tertiary/aromatic N) is 3. The van der Waals surface area contributed by atoms with E-state index in [9.17, 15) is 13.6 Å². The van der Waals surface area contributed by atoms with Gasteiger partial charge in [-0.3, -0.25) is 0 Å². The van der Waals surface area contributed by atoms with Crippen LogP contribution < -0.4 is 0 Å². The fraction of sp³-hybridized carbons (Fsp3) is 0.417. The van der Waals surface area contributed by atoms with Crippen molar-refractivity contribution in [3.8, 4) is 0 Å². The standard InChI is InChI=1S/C12H10BrF2N3O2/c1-20-10(19)11(5-12(14,15)6-11)18-9-7(4-16-18)2-3-8(13)17-9/h2-4H,5-6H2,1H3. The minimum absolute atomic E-state index is 0.375. The van der Waals surface area contributed by atoms with Crippen molar-refractivity contribution in [3.63, 3.8) is 0 Å². The van der Waals surface area contributed by atoms with E-state index in [1.807, 2.05) is 0 Å². The van der Waals surface area contributed by atoms with Gasteiger partial charge in [0.1, 0.15) is 4.60 Å². The van der Waals surface area contributed by atoms with Crippen molar-refractivity contribution in [3.05, 3.63) is 22.9 Å². The van der Waals surface area contributed by atoms with Gasteiger partial charge in [-0.25, -0.2) is 23.2 Å². The molecule has 5 nitrogen and oxygen atoms in total. The summed E-state index contributed by atoms with van der Waals surface area (Å²) in [6.45, 7) is 0. The quantitative estimate of drug-likeness (QED) is 0.619. The van der Waals surface area contributed by atoms with Gasteiger partial charge < -0.3 is 4.74 Å². The zero-order valence-electron chi connectivity index (χ0n) is 10.4. The molecule has 0 aromatic carbocycles. The van der Waals surface area contributed by atoms with Gasteiger partial charge in [0.15, 0.2) is 11.2 Å². The van der Waals surface area contributed by atoms with Gasteiger partial charge in [0.2, 0.25) is 0 Å². The molecule has 2 aromatic rings. The lowest BCUT2D eigenvalue weighted by molar-refractivity contribution is -0.192. The van der Waals surface area contributed by atoms with E-state index < -0.39 is 30.3 Å². The summed E-state index contributed by atoms with van der Waals surface area (Å²) in [4.78, 5) is 16.2. The molecule has 1 aliphatic rings. The number of carbonyl (C=O) groups is 1. The molecule has 2 aromatic heterocycles. The van der Waals surface area contributed by atoms with Gasteiger partial charge in [-0.1, -0.05) is 0 Å². The third kappa shape index (κ3) is 1.81. The van der Waals surface area contributed by atoms with E-state index in [-0.39, 0.29) is 0 Å². The first-order valence-corrected chi connectivity index (χ1v) is 6.64. The van der Waals surface area contributed by atoms with Crippen molar-refractivity contribution in [1.29, 1.82) is 0 Å². The van der Waals surface area contributed by atoms with Gasteiger partial charge in [-0.15, -0.1) is 0 Å². The number of ether oxygens (including phenoxy) is 1. The number of pyridine rings is 1. The summed E-state index contributed by atoms with van der Waals surface area (Å²) < 4.78 is 33.1. The molecule has 8 heteroatoms. The maximum absolute atomic E-state index is 13.3. The second kappa shape index (κ2) is 4.21. The van der Waals surface area contributed by atoms with E-state index >= 15 is 0 Å². The highest BCUT2D eigenvalue weighted by molar-refractivity contribution is 9.10.